The molecule has 3 atom stereocenters. The predicted octanol–water partition coefficient (Wildman–Crippen LogP) is 0.544. The molecule has 1 unspecified atom stereocenters. The summed E-state index contributed by atoms with van der Waals surface area (Å²) in [4.78, 5) is 12.2. The Balaban J connectivity index is 2.29. The molecule has 8 heteroatoms. The molecule has 3 rings (SSSR count). The van der Waals surface area contributed by atoms with Crippen molar-refractivity contribution in [3.63, 3.8) is 0 Å². The molecule has 102 valence electrons. The van der Waals surface area contributed by atoms with Crippen molar-refractivity contribution in [2.45, 2.75) is 38.8 Å². The van der Waals surface area contributed by atoms with Gasteiger partial charge in [0.1, 0.15) is 22.9 Å². The molecule has 0 fully saturated rings. The lowest BCUT2D eigenvalue weighted by Crippen LogP contribution is -2.32. The summed E-state index contributed by atoms with van der Waals surface area (Å²) in [6.07, 6.45) is -1.69. The highest BCUT2D eigenvalue weighted by atomic mass is 35.5. The van der Waals surface area contributed by atoms with Crippen LogP contribution in [-0.2, 0) is 11.3 Å². The minimum Gasteiger partial charge on any atom is -0.391 e. The molecular formula is C11H13ClN4O3. The van der Waals surface area contributed by atoms with Crippen LogP contribution in [0.15, 0.2) is 10.9 Å². The number of pyridine rings is 1. The topological polar surface area (TPSA) is 82.2 Å². The van der Waals surface area contributed by atoms with Gasteiger partial charge >= 0.3 is 0 Å². The van der Waals surface area contributed by atoms with Crippen LogP contribution < -0.4 is 5.56 Å². The van der Waals surface area contributed by atoms with Crippen molar-refractivity contribution in [1.82, 2.24) is 19.6 Å². The Bertz CT molecular complexity index is 693. The average molecular weight is 285 g/mol. The van der Waals surface area contributed by atoms with Gasteiger partial charge in [0.2, 0.25) is 0 Å². The highest BCUT2D eigenvalue weighted by molar-refractivity contribution is 6.30. The van der Waals surface area contributed by atoms with Gasteiger partial charge < -0.3 is 9.84 Å². The van der Waals surface area contributed by atoms with Gasteiger partial charge in [-0.05, 0) is 19.9 Å². The first-order valence-electron chi connectivity index (χ1n) is 5.97. The fraction of sp³-hybridized carbons (Fsp3) is 0.545. The van der Waals surface area contributed by atoms with Gasteiger partial charge in [-0.15, -0.1) is 5.10 Å². The molecule has 2 aromatic rings. The maximum Gasteiger partial charge on any atom is 0.273 e. The van der Waals surface area contributed by atoms with E-state index >= 15 is 0 Å². The van der Waals surface area contributed by atoms with Gasteiger partial charge in [-0.25, -0.2) is 4.68 Å². The molecule has 3 heterocycles. The van der Waals surface area contributed by atoms with Crippen LogP contribution in [0.25, 0.3) is 11.2 Å². The third kappa shape index (κ3) is 1.85. The SMILES string of the molecule is CC(O)[C@H]1Cn2nnc3cc(Cl)c(=O)n(c32)[C@@H](C)O1. The number of aromatic nitrogens is 4. The molecule has 0 aliphatic carbocycles. The van der Waals surface area contributed by atoms with Crippen molar-refractivity contribution in [3.05, 3.63) is 21.4 Å². The lowest BCUT2D eigenvalue weighted by molar-refractivity contribution is -0.0938. The van der Waals surface area contributed by atoms with E-state index in [1.165, 1.54) is 10.6 Å². The monoisotopic (exact) mass is 284 g/mol. The van der Waals surface area contributed by atoms with Crippen LogP contribution in [0.1, 0.15) is 20.1 Å². The quantitative estimate of drug-likeness (QED) is 0.827. The number of hydrogen-bond donors (Lipinski definition) is 1. The Hall–Kier alpha value is -1.44. The largest absolute Gasteiger partial charge is 0.391 e. The zero-order chi connectivity index (χ0) is 13.7. The van der Waals surface area contributed by atoms with Crippen molar-refractivity contribution >= 4 is 22.8 Å². The lowest BCUT2D eigenvalue weighted by Gasteiger charge is -2.22. The maximum atomic E-state index is 12.2. The van der Waals surface area contributed by atoms with E-state index in [9.17, 15) is 9.90 Å². The number of halogens is 1. The van der Waals surface area contributed by atoms with Crippen LogP contribution in [0.5, 0.6) is 0 Å². The van der Waals surface area contributed by atoms with Gasteiger partial charge in [-0.1, -0.05) is 16.8 Å². The Morgan fingerprint density at radius 1 is 1.63 bits per heavy atom. The first kappa shape index (κ1) is 12.6. The molecule has 1 N–H and O–H groups in total. The van der Waals surface area contributed by atoms with E-state index in [1.807, 2.05) is 0 Å². The smallest absolute Gasteiger partial charge is 0.273 e. The highest BCUT2D eigenvalue weighted by Crippen LogP contribution is 2.24. The molecular weight excluding hydrogens is 272 g/mol. The molecule has 1 aliphatic rings. The molecule has 19 heavy (non-hydrogen) atoms. The standard InChI is InChI=1S/C11H13ClN4O3/c1-5(17)9-4-15-10-8(13-14-15)3-7(12)11(18)16(10)6(2)19-9/h3,5-6,9,17H,4H2,1-2H3/t5?,6-,9-/m1/s1. The third-order valence-electron chi connectivity index (χ3n) is 3.28. The van der Waals surface area contributed by atoms with Crippen molar-refractivity contribution in [2.24, 2.45) is 0 Å². The van der Waals surface area contributed by atoms with Gasteiger partial charge in [-0.2, -0.15) is 0 Å². The van der Waals surface area contributed by atoms with E-state index in [-0.39, 0.29) is 10.6 Å². The van der Waals surface area contributed by atoms with Crippen LogP contribution >= 0.6 is 11.6 Å². The third-order valence-corrected chi connectivity index (χ3v) is 3.55. The molecule has 7 nitrogen and oxygen atoms in total. The van der Waals surface area contributed by atoms with Crippen LogP contribution in [0.2, 0.25) is 5.02 Å². The normalized spacial score (nSPS) is 24.4. The number of nitrogens with zero attached hydrogens (tertiary/aromatic N) is 4. The Labute approximate surface area is 113 Å². The summed E-state index contributed by atoms with van der Waals surface area (Å²) in [5, 5.41) is 17.8. The molecule has 0 radical (unpaired) electrons. The zero-order valence-corrected chi connectivity index (χ0v) is 11.2. The molecule has 0 amide bonds. The van der Waals surface area contributed by atoms with Gasteiger partial charge in [0.15, 0.2) is 5.65 Å². The molecule has 2 aromatic heterocycles. The summed E-state index contributed by atoms with van der Waals surface area (Å²) in [6, 6.07) is 1.49. The second-order valence-corrected chi connectivity index (χ2v) is 5.07. The van der Waals surface area contributed by atoms with Gasteiger partial charge in [0.25, 0.3) is 5.56 Å². The number of rotatable bonds is 1. The van der Waals surface area contributed by atoms with E-state index in [1.54, 1.807) is 18.5 Å². The van der Waals surface area contributed by atoms with Gasteiger partial charge in [0, 0.05) is 0 Å². The summed E-state index contributed by atoms with van der Waals surface area (Å²) >= 11 is 5.91. The molecule has 0 saturated heterocycles. The second-order valence-electron chi connectivity index (χ2n) is 4.66. The number of aliphatic hydroxyl groups is 1. The van der Waals surface area contributed by atoms with Crippen molar-refractivity contribution in [3.8, 4) is 0 Å². The average Bonchev–Trinajstić information content (AvgIpc) is 2.65. The molecule has 0 spiro atoms. The zero-order valence-electron chi connectivity index (χ0n) is 10.4. The Morgan fingerprint density at radius 3 is 3.05 bits per heavy atom. The minimum atomic E-state index is -0.679. The molecule has 0 saturated carbocycles. The Morgan fingerprint density at radius 2 is 2.37 bits per heavy atom. The van der Waals surface area contributed by atoms with E-state index in [0.29, 0.717) is 17.7 Å². The van der Waals surface area contributed by atoms with Crippen LogP contribution in [-0.4, -0.2) is 36.9 Å². The number of ether oxygens (including phenoxy) is 1. The second kappa shape index (κ2) is 4.29. The first-order chi connectivity index (χ1) is 8.99. The minimum absolute atomic E-state index is 0.0745. The van der Waals surface area contributed by atoms with E-state index < -0.39 is 18.4 Å². The summed E-state index contributed by atoms with van der Waals surface area (Å²) in [6.45, 7) is 3.70. The van der Waals surface area contributed by atoms with Gasteiger partial charge in [-0.3, -0.25) is 9.36 Å². The van der Waals surface area contributed by atoms with Crippen molar-refractivity contribution in [1.29, 1.82) is 0 Å². The molecule has 1 aliphatic heterocycles. The van der Waals surface area contributed by atoms with Gasteiger partial charge in [0.05, 0.1) is 12.6 Å². The lowest BCUT2D eigenvalue weighted by atomic mass is 10.2. The van der Waals surface area contributed by atoms with Crippen molar-refractivity contribution < 1.29 is 9.84 Å². The van der Waals surface area contributed by atoms with E-state index in [0.717, 1.165) is 0 Å². The first-order valence-corrected chi connectivity index (χ1v) is 6.34. The number of aliphatic hydroxyl groups excluding tert-OH is 1. The van der Waals surface area contributed by atoms with E-state index in [2.05, 4.69) is 10.3 Å². The van der Waals surface area contributed by atoms with Crippen LogP contribution in [0.4, 0.5) is 0 Å². The predicted molar refractivity (Wildman–Crippen MR) is 68.1 cm³/mol. The molecule has 0 aromatic carbocycles. The Kier molecular flexibility index (Phi) is 2.84. The fourth-order valence-electron chi connectivity index (χ4n) is 2.31. The van der Waals surface area contributed by atoms with Crippen LogP contribution in [0.3, 0.4) is 0 Å². The number of hydrogen-bond acceptors (Lipinski definition) is 5. The highest BCUT2D eigenvalue weighted by Gasteiger charge is 2.29. The summed E-state index contributed by atoms with van der Waals surface area (Å²) in [5.41, 5.74) is 0.743. The maximum absolute atomic E-state index is 12.2. The summed E-state index contributed by atoms with van der Waals surface area (Å²) < 4.78 is 8.69. The van der Waals surface area contributed by atoms with Crippen LogP contribution in [0, 0.1) is 0 Å². The summed E-state index contributed by atoms with van der Waals surface area (Å²) in [7, 11) is 0. The molecule has 0 bridgehead atoms. The summed E-state index contributed by atoms with van der Waals surface area (Å²) in [5.74, 6) is 0. The fourth-order valence-corrected chi connectivity index (χ4v) is 2.50. The van der Waals surface area contributed by atoms with Crippen molar-refractivity contribution in [2.75, 3.05) is 0 Å². The van der Waals surface area contributed by atoms with E-state index in [4.69, 9.17) is 16.3 Å².